The summed E-state index contributed by atoms with van der Waals surface area (Å²) >= 11 is 0. The molecule has 0 unspecified atom stereocenters. The van der Waals surface area contributed by atoms with Gasteiger partial charge in [0.05, 0.1) is 16.9 Å². The van der Waals surface area contributed by atoms with Gasteiger partial charge in [-0.2, -0.15) is 24.2 Å². The summed E-state index contributed by atoms with van der Waals surface area (Å²) in [6, 6.07) is 3.63. The van der Waals surface area contributed by atoms with E-state index in [2.05, 4.69) is 26.9 Å². The van der Waals surface area contributed by atoms with Gasteiger partial charge in [-0.25, -0.2) is 24.4 Å². The van der Waals surface area contributed by atoms with Crippen LogP contribution < -0.4 is 38.5 Å². The van der Waals surface area contributed by atoms with Crippen molar-refractivity contribution in [3.63, 3.8) is 0 Å². The number of benzene rings is 1. The minimum absolute atomic E-state index is 0.135. The number of rotatable bonds is 6. The third-order valence-corrected chi connectivity index (χ3v) is 5.61. The second-order valence-corrected chi connectivity index (χ2v) is 8.11. The molecule has 2 aromatic rings. The molecule has 0 radical (unpaired) electrons. The monoisotopic (exact) mass is 446 g/mol. The summed E-state index contributed by atoms with van der Waals surface area (Å²) in [4.78, 5) is 3.17. The van der Waals surface area contributed by atoms with E-state index >= 15 is 0 Å². The van der Waals surface area contributed by atoms with Crippen molar-refractivity contribution in [2.75, 3.05) is 5.73 Å². The topological polar surface area (TPSA) is 173 Å². The Morgan fingerprint density at radius 2 is 1.80 bits per heavy atom. The second-order valence-electron chi connectivity index (χ2n) is 6.61. The Kier molecular flexibility index (Phi) is 6.28. The molecule has 0 bridgehead atoms. The van der Waals surface area contributed by atoms with Gasteiger partial charge in [0, 0.05) is 18.3 Å². The molecule has 3 rings (SSSR count). The maximum absolute atomic E-state index is 13.5. The van der Waals surface area contributed by atoms with Gasteiger partial charge < -0.3 is 11.5 Å². The number of sulfonamides is 1. The molecule has 2 heterocycles. The molecular weight excluding hydrogens is 425 g/mol. The zero-order valence-electron chi connectivity index (χ0n) is 15.5. The molecule has 0 amide bonds. The summed E-state index contributed by atoms with van der Waals surface area (Å²) in [7, 11) is -4.71. The summed E-state index contributed by atoms with van der Waals surface area (Å²) in [5, 5.41) is 5.19. The van der Waals surface area contributed by atoms with E-state index in [0.29, 0.717) is 23.4 Å². The first kappa shape index (κ1) is 22.4. The number of nitrogens with one attached hydrogen (secondary N) is 4. The normalized spacial score (nSPS) is 15.6. The number of hydrazine groups is 3. The molecule has 1 aliphatic rings. The number of aromatic nitrogens is 1. The number of halogens is 3. The molecule has 1 aromatic heterocycles. The van der Waals surface area contributed by atoms with E-state index in [0.717, 1.165) is 11.6 Å². The van der Waals surface area contributed by atoms with Gasteiger partial charge in [0.15, 0.2) is 0 Å². The van der Waals surface area contributed by atoms with Crippen LogP contribution in [0, 0.1) is 0 Å². The van der Waals surface area contributed by atoms with Crippen LogP contribution in [0.15, 0.2) is 29.3 Å². The van der Waals surface area contributed by atoms with E-state index in [9.17, 15) is 21.6 Å². The summed E-state index contributed by atoms with van der Waals surface area (Å²) in [6.07, 6.45) is -3.78. The summed E-state index contributed by atoms with van der Waals surface area (Å²) in [5.41, 5.74) is 22.1. The Balaban J connectivity index is 2.06. The first-order valence-electron chi connectivity index (χ1n) is 8.72. The number of nitrogens with two attached hydrogens (primary N) is 3. The summed E-state index contributed by atoms with van der Waals surface area (Å²) < 4.78 is 64.9. The van der Waals surface area contributed by atoms with Crippen molar-refractivity contribution in [1.29, 1.82) is 0 Å². The minimum atomic E-state index is -4.91. The van der Waals surface area contributed by atoms with Crippen LogP contribution in [0.3, 0.4) is 0 Å². The van der Waals surface area contributed by atoms with Crippen LogP contribution in [0.2, 0.25) is 0 Å². The van der Waals surface area contributed by atoms with Gasteiger partial charge in [-0.05, 0) is 36.1 Å². The zero-order chi connectivity index (χ0) is 22.1. The Labute approximate surface area is 170 Å². The molecule has 10 N–H and O–H groups in total. The van der Waals surface area contributed by atoms with Gasteiger partial charge in [-0.3, -0.25) is 4.98 Å². The first-order chi connectivity index (χ1) is 14.0. The van der Waals surface area contributed by atoms with Crippen molar-refractivity contribution in [2.24, 2.45) is 10.9 Å². The van der Waals surface area contributed by atoms with Gasteiger partial charge in [0.1, 0.15) is 11.1 Å². The van der Waals surface area contributed by atoms with Crippen molar-refractivity contribution in [2.45, 2.75) is 36.6 Å². The number of nitrogen functional groups attached to an aromatic ring is 1. The van der Waals surface area contributed by atoms with Gasteiger partial charge in [-0.15, -0.1) is 0 Å². The number of hydrogen-bond acceptors (Lipinski definition) is 9. The van der Waals surface area contributed by atoms with E-state index in [1.165, 1.54) is 6.07 Å². The number of alkyl halides is 3. The predicted octanol–water partition coefficient (Wildman–Crippen LogP) is -0.310. The minimum Gasteiger partial charge on any atom is -0.397 e. The van der Waals surface area contributed by atoms with Crippen LogP contribution in [0.1, 0.15) is 34.1 Å². The van der Waals surface area contributed by atoms with Crippen LogP contribution in [0.4, 0.5) is 18.9 Å². The average Bonchev–Trinajstić information content (AvgIpc) is 3.18. The van der Waals surface area contributed by atoms with Crippen molar-refractivity contribution < 1.29 is 21.6 Å². The molecule has 10 nitrogen and oxygen atoms in total. The highest BCUT2D eigenvalue weighted by molar-refractivity contribution is 7.89. The average molecular weight is 446 g/mol. The fraction of sp³-hybridized carbons (Fsp3) is 0.312. The lowest BCUT2D eigenvalue weighted by Crippen LogP contribution is -2.33. The zero-order valence-corrected chi connectivity index (χ0v) is 16.4. The van der Waals surface area contributed by atoms with Crippen LogP contribution in [-0.2, 0) is 35.6 Å². The van der Waals surface area contributed by atoms with Gasteiger partial charge in [-0.1, -0.05) is 6.07 Å². The Bertz CT molecular complexity index is 1040. The molecule has 1 saturated heterocycles. The third-order valence-electron chi connectivity index (χ3n) is 4.60. The molecule has 1 fully saturated rings. The lowest BCUT2D eigenvalue weighted by atomic mass is 9.96. The van der Waals surface area contributed by atoms with E-state index in [1.807, 2.05) is 0 Å². The molecule has 0 atom stereocenters. The van der Waals surface area contributed by atoms with E-state index in [4.69, 9.17) is 16.6 Å². The van der Waals surface area contributed by atoms with Crippen LogP contribution in [0.25, 0.3) is 0 Å². The van der Waals surface area contributed by atoms with Crippen molar-refractivity contribution in [3.05, 3.63) is 52.3 Å². The fourth-order valence-corrected chi connectivity index (χ4v) is 4.29. The Hall–Kier alpha value is -2.33. The maximum atomic E-state index is 13.5. The van der Waals surface area contributed by atoms with E-state index in [1.54, 1.807) is 12.3 Å². The number of nitrogens with zero attached hydrogens (tertiary/aromatic N) is 1. The first-order valence-corrected chi connectivity index (χ1v) is 10.3. The summed E-state index contributed by atoms with van der Waals surface area (Å²) in [6.45, 7) is 0.173. The largest absolute Gasteiger partial charge is 0.417 e. The van der Waals surface area contributed by atoms with Crippen LogP contribution in [-0.4, -0.2) is 13.4 Å². The quantitative estimate of drug-likeness (QED) is 0.314. The lowest BCUT2D eigenvalue weighted by Gasteiger charge is -2.22. The van der Waals surface area contributed by atoms with Crippen molar-refractivity contribution in [3.8, 4) is 0 Å². The third kappa shape index (κ3) is 4.70. The van der Waals surface area contributed by atoms with E-state index < -0.39 is 32.8 Å². The highest BCUT2D eigenvalue weighted by atomic mass is 32.2. The van der Waals surface area contributed by atoms with Crippen molar-refractivity contribution in [1.82, 2.24) is 26.9 Å². The molecule has 1 aliphatic heterocycles. The Morgan fingerprint density at radius 1 is 1.13 bits per heavy atom. The summed E-state index contributed by atoms with van der Waals surface area (Å²) in [5.74, 6) is 0. The maximum Gasteiger partial charge on any atom is 0.417 e. The van der Waals surface area contributed by atoms with E-state index in [-0.39, 0.29) is 18.5 Å². The number of anilines is 1. The predicted molar refractivity (Wildman–Crippen MR) is 102 cm³/mol. The molecule has 164 valence electrons. The molecule has 0 spiro atoms. The SMILES string of the molecule is NCc1ncc(CCc2ccc(C(F)(F)F)c(S(N)(=O)=O)c2C2NNNN2)cc1N. The lowest BCUT2D eigenvalue weighted by molar-refractivity contribution is -0.140. The smallest absolute Gasteiger partial charge is 0.397 e. The standard InChI is InChI=1S/C16H21F3N8O2S/c17-16(18,19)10-4-3-9(2-1-8-5-11(21)12(6-20)23-7-8)13(14(10)30(22,28)29)15-24-26-27-25-15/h3-5,7,15,24-27H,1-2,6,20-21H2,(H2,22,28,29). The number of pyridine rings is 1. The highest BCUT2D eigenvalue weighted by Gasteiger charge is 2.40. The Morgan fingerprint density at radius 3 is 2.33 bits per heavy atom. The number of primary sulfonamides is 1. The fourth-order valence-electron chi connectivity index (χ4n) is 3.24. The molecule has 0 saturated carbocycles. The second kappa shape index (κ2) is 8.43. The van der Waals surface area contributed by atoms with Gasteiger partial charge >= 0.3 is 6.18 Å². The molecule has 30 heavy (non-hydrogen) atoms. The van der Waals surface area contributed by atoms with Crippen molar-refractivity contribution >= 4 is 15.7 Å². The van der Waals surface area contributed by atoms with Gasteiger partial charge in [0.25, 0.3) is 0 Å². The highest BCUT2D eigenvalue weighted by Crippen LogP contribution is 2.38. The molecular formula is C16H21F3N8O2S. The molecule has 14 heteroatoms. The molecule has 1 aromatic carbocycles. The van der Waals surface area contributed by atoms with Crippen LogP contribution >= 0.6 is 0 Å². The number of aryl methyl sites for hydroxylation is 2. The molecule has 0 aliphatic carbocycles. The number of hydrogen-bond donors (Lipinski definition) is 7. The van der Waals surface area contributed by atoms with Gasteiger partial charge in [0.2, 0.25) is 10.0 Å². The van der Waals surface area contributed by atoms with Crippen LogP contribution in [0.5, 0.6) is 0 Å².